The van der Waals surface area contributed by atoms with Gasteiger partial charge in [-0.15, -0.1) is 0 Å². The van der Waals surface area contributed by atoms with Crippen LogP contribution >= 0.6 is 0 Å². The first-order valence-corrected chi connectivity index (χ1v) is 7.12. The molecule has 0 aromatic rings. The molecule has 0 saturated carbocycles. The number of hydrogen-bond donors (Lipinski definition) is 1. The second kappa shape index (κ2) is 5.68. The zero-order valence-corrected chi connectivity index (χ0v) is 11.4. The van der Waals surface area contributed by atoms with Crippen LogP contribution in [0.5, 0.6) is 0 Å². The van der Waals surface area contributed by atoms with Crippen LogP contribution in [0.1, 0.15) is 46.5 Å². The van der Waals surface area contributed by atoms with Gasteiger partial charge in [-0.2, -0.15) is 0 Å². The monoisotopic (exact) mass is 241 g/mol. The van der Waals surface area contributed by atoms with Crippen molar-refractivity contribution in [3.63, 3.8) is 0 Å². The van der Waals surface area contributed by atoms with Crippen LogP contribution in [0.2, 0.25) is 0 Å². The Kier molecular flexibility index (Phi) is 4.45. The van der Waals surface area contributed by atoms with Crippen LogP contribution < -0.4 is 5.73 Å². The Morgan fingerprint density at radius 2 is 2.00 bits per heavy atom. The summed E-state index contributed by atoms with van der Waals surface area (Å²) in [5, 5.41) is 0. The Labute approximate surface area is 105 Å². The normalized spacial score (nSPS) is 44.1. The van der Waals surface area contributed by atoms with Crippen molar-refractivity contribution in [1.29, 1.82) is 0 Å². The highest BCUT2D eigenvalue weighted by atomic mass is 16.5. The molecule has 0 spiro atoms. The summed E-state index contributed by atoms with van der Waals surface area (Å²) < 4.78 is 11.5. The minimum Gasteiger partial charge on any atom is -0.378 e. The molecule has 0 radical (unpaired) electrons. The molecule has 2 aliphatic heterocycles. The quantitative estimate of drug-likeness (QED) is 0.821. The highest BCUT2D eigenvalue weighted by Gasteiger charge is 2.40. The molecule has 0 aromatic heterocycles. The third-order valence-electron chi connectivity index (χ3n) is 4.66. The third kappa shape index (κ3) is 3.01. The Hall–Kier alpha value is -0.120. The molecule has 2 fully saturated rings. The Morgan fingerprint density at radius 3 is 2.53 bits per heavy atom. The lowest BCUT2D eigenvalue weighted by atomic mass is 9.82. The van der Waals surface area contributed by atoms with Gasteiger partial charge in [-0.3, -0.25) is 0 Å². The van der Waals surface area contributed by atoms with Gasteiger partial charge in [-0.05, 0) is 45.4 Å². The summed E-state index contributed by atoms with van der Waals surface area (Å²) >= 11 is 0. The molecule has 6 atom stereocenters. The van der Waals surface area contributed by atoms with Crippen LogP contribution in [0.4, 0.5) is 0 Å². The first-order chi connectivity index (χ1) is 8.09. The summed E-state index contributed by atoms with van der Waals surface area (Å²) in [5.74, 6) is 1.08. The van der Waals surface area contributed by atoms with Gasteiger partial charge in [0.1, 0.15) is 0 Å². The SMILES string of the molecule is CC1OC(C)C(C(N)CCC2CCCO2)C1C. The summed E-state index contributed by atoms with van der Waals surface area (Å²) in [5.41, 5.74) is 6.36. The Morgan fingerprint density at radius 1 is 1.24 bits per heavy atom. The fraction of sp³-hybridized carbons (Fsp3) is 1.00. The van der Waals surface area contributed by atoms with Crippen LogP contribution in [-0.2, 0) is 9.47 Å². The Balaban J connectivity index is 1.80. The number of ether oxygens (including phenoxy) is 2. The van der Waals surface area contributed by atoms with Gasteiger partial charge in [0, 0.05) is 18.6 Å². The molecule has 0 amide bonds. The molecule has 2 rings (SSSR count). The molecule has 3 heteroatoms. The molecule has 17 heavy (non-hydrogen) atoms. The van der Waals surface area contributed by atoms with Crippen molar-refractivity contribution in [2.75, 3.05) is 6.61 Å². The van der Waals surface area contributed by atoms with Crippen LogP contribution in [0.3, 0.4) is 0 Å². The van der Waals surface area contributed by atoms with E-state index in [1.165, 1.54) is 12.8 Å². The van der Waals surface area contributed by atoms with Gasteiger partial charge in [0.05, 0.1) is 18.3 Å². The second-order valence-electron chi connectivity index (χ2n) is 5.86. The number of hydrogen-bond acceptors (Lipinski definition) is 3. The van der Waals surface area contributed by atoms with Gasteiger partial charge in [-0.1, -0.05) is 6.92 Å². The average Bonchev–Trinajstić information content (AvgIpc) is 2.86. The average molecular weight is 241 g/mol. The van der Waals surface area contributed by atoms with E-state index in [0.717, 1.165) is 19.4 Å². The molecular weight excluding hydrogens is 214 g/mol. The predicted octanol–water partition coefficient (Wildman–Crippen LogP) is 2.33. The topological polar surface area (TPSA) is 44.5 Å². The van der Waals surface area contributed by atoms with Gasteiger partial charge in [0.25, 0.3) is 0 Å². The van der Waals surface area contributed by atoms with Crippen molar-refractivity contribution >= 4 is 0 Å². The first-order valence-electron chi connectivity index (χ1n) is 7.12. The van der Waals surface area contributed by atoms with Gasteiger partial charge in [0.2, 0.25) is 0 Å². The third-order valence-corrected chi connectivity index (χ3v) is 4.66. The van der Waals surface area contributed by atoms with E-state index < -0.39 is 0 Å². The number of nitrogens with two attached hydrogens (primary N) is 1. The highest BCUT2D eigenvalue weighted by molar-refractivity contribution is 4.90. The van der Waals surface area contributed by atoms with Crippen molar-refractivity contribution in [3.05, 3.63) is 0 Å². The van der Waals surface area contributed by atoms with Crippen molar-refractivity contribution < 1.29 is 9.47 Å². The van der Waals surface area contributed by atoms with Crippen LogP contribution in [0.25, 0.3) is 0 Å². The van der Waals surface area contributed by atoms with E-state index in [4.69, 9.17) is 15.2 Å². The standard InChI is InChI=1S/C14H27NO2/c1-9-10(2)17-11(3)14(9)13(15)7-6-12-5-4-8-16-12/h9-14H,4-8,15H2,1-3H3. The number of rotatable bonds is 4. The maximum Gasteiger partial charge on any atom is 0.0597 e. The van der Waals surface area contributed by atoms with Crippen molar-refractivity contribution in [3.8, 4) is 0 Å². The zero-order chi connectivity index (χ0) is 12.4. The fourth-order valence-corrected chi connectivity index (χ4v) is 3.47. The zero-order valence-electron chi connectivity index (χ0n) is 11.4. The maximum absolute atomic E-state index is 6.36. The minimum atomic E-state index is 0.258. The van der Waals surface area contributed by atoms with E-state index in [0.29, 0.717) is 30.1 Å². The molecule has 2 saturated heterocycles. The van der Waals surface area contributed by atoms with Crippen LogP contribution in [0.15, 0.2) is 0 Å². The predicted molar refractivity (Wildman–Crippen MR) is 68.8 cm³/mol. The van der Waals surface area contributed by atoms with E-state index in [1.54, 1.807) is 0 Å². The molecular formula is C14H27NO2. The summed E-state index contributed by atoms with van der Waals surface area (Å²) in [6, 6.07) is 0.258. The Bertz CT molecular complexity index is 240. The van der Waals surface area contributed by atoms with Crippen LogP contribution in [0, 0.1) is 11.8 Å². The van der Waals surface area contributed by atoms with E-state index in [2.05, 4.69) is 20.8 Å². The van der Waals surface area contributed by atoms with E-state index in [1.807, 2.05) is 0 Å². The van der Waals surface area contributed by atoms with E-state index in [-0.39, 0.29) is 6.04 Å². The lowest BCUT2D eigenvalue weighted by Gasteiger charge is -2.26. The second-order valence-corrected chi connectivity index (χ2v) is 5.86. The smallest absolute Gasteiger partial charge is 0.0597 e. The maximum atomic E-state index is 6.36. The molecule has 3 nitrogen and oxygen atoms in total. The van der Waals surface area contributed by atoms with Gasteiger partial charge in [-0.25, -0.2) is 0 Å². The fourth-order valence-electron chi connectivity index (χ4n) is 3.47. The molecule has 2 heterocycles. The molecule has 6 unspecified atom stereocenters. The lowest BCUT2D eigenvalue weighted by molar-refractivity contribution is 0.0474. The van der Waals surface area contributed by atoms with Crippen molar-refractivity contribution in [2.45, 2.75) is 70.8 Å². The highest BCUT2D eigenvalue weighted by Crippen LogP contribution is 2.35. The summed E-state index contributed by atoms with van der Waals surface area (Å²) in [6.45, 7) is 7.53. The van der Waals surface area contributed by atoms with Crippen molar-refractivity contribution in [2.24, 2.45) is 17.6 Å². The van der Waals surface area contributed by atoms with Gasteiger partial charge in [0.15, 0.2) is 0 Å². The lowest BCUT2D eigenvalue weighted by Crippen LogP contribution is -2.38. The largest absolute Gasteiger partial charge is 0.378 e. The van der Waals surface area contributed by atoms with Crippen LogP contribution in [-0.4, -0.2) is 31.0 Å². The van der Waals surface area contributed by atoms with E-state index >= 15 is 0 Å². The molecule has 0 bridgehead atoms. The summed E-state index contributed by atoms with van der Waals surface area (Å²) in [7, 11) is 0. The van der Waals surface area contributed by atoms with Gasteiger partial charge >= 0.3 is 0 Å². The molecule has 0 aromatic carbocycles. The molecule has 2 N–H and O–H groups in total. The van der Waals surface area contributed by atoms with Gasteiger partial charge < -0.3 is 15.2 Å². The molecule has 2 aliphatic rings. The summed E-state index contributed by atoms with van der Waals surface area (Å²) in [4.78, 5) is 0. The van der Waals surface area contributed by atoms with E-state index in [9.17, 15) is 0 Å². The minimum absolute atomic E-state index is 0.258. The first kappa shape index (κ1) is 13.3. The summed E-state index contributed by atoms with van der Waals surface area (Å²) in [6.07, 6.45) is 5.74. The van der Waals surface area contributed by atoms with Crippen molar-refractivity contribution in [1.82, 2.24) is 0 Å². The molecule has 0 aliphatic carbocycles. The molecule has 100 valence electrons.